The molecule has 1 spiro atoms. The Kier molecular flexibility index (Phi) is 11.6. The molecule has 0 aromatic heterocycles. The first-order valence-corrected chi connectivity index (χ1v) is 15.1. The van der Waals surface area contributed by atoms with Gasteiger partial charge in [0.15, 0.2) is 0 Å². The zero-order chi connectivity index (χ0) is 31.1. The molecule has 1 saturated carbocycles. The maximum atomic E-state index is 13.2. The first kappa shape index (κ1) is 33.5. The van der Waals surface area contributed by atoms with Crippen LogP contribution in [0.1, 0.15) is 86.5 Å². The largest absolute Gasteiger partial charge is 0.458 e. The SMILES string of the molecule is C=C/C(C)=C/C[C@]1(C)[C@H](C)C[C@@H](OC(=O)/C=C\C=C\CCCCC)[C@@]23C(=C[C@H](O)C[C@@H]12)[C@@H](OC(C)=O)O[C@H]3OC(C)=O. The Hall–Kier alpha value is -2.97. The summed E-state index contributed by atoms with van der Waals surface area (Å²) in [4.78, 5) is 37.7. The van der Waals surface area contributed by atoms with Crippen molar-refractivity contribution < 1.29 is 38.4 Å². The normalized spacial score (nSPS) is 34.5. The van der Waals surface area contributed by atoms with Gasteiger partial charge in [0, 0.05) is 25.5 Å². The van der Waals surface area contributed by atoms with Crippen LogP contribution in [-0.4, -0.2) is 47.8 Å². The minimum absolute atomic E-state index is 0.0412. The third kappa shape index (κ3) is 7.14. The van der Waals surface area contributed by atoms with Crippen molar-refractivity contribution in [1.82, 2.24) is 0 Å². The van der Waals surface area contributed by atoms with Crippen LogP contribution in [0, 0.1) is 22.7 Å². The van der Waals surface area contributed by atoms with Crippen molar-refractivity contribution in [3.63, 3.8) is 0 Å². The molecule has 3 rings (SSSR count). The van der Waals surface area contributed by atoms with Gasteiger partial charge < -0.3 is 19.3 Å². The number of aliphatic hydroxyl groups is 1. The van der Waals surface area contributed by atoms with E-state index in [0.717, 1.165) is 31.3 Å². The molecule has 0 amide bonds. The van der Waals surface area contributed by atoms with Crippen LogP contribution in [0.4, 0.5) is 0 Å². The first-order valence-electron chi connectivity index (χ1n) is 15.1. The first-order chi connectivity index (χ1) is 19.9. The third-order valence-electron chi connectivity index (χ3n) is 9.28. The maximum Gasteiger partial charge on any atom is 0.331 e. The van der Waals surface area contributed by atoms with E-state index in [2.05, 4.69) is 33.4 Å². The van der Waals surface area contributed by atoms with E-state index < -0.39 is 53.5 Å². The van der Waals surface area contributed by atoms with Gasteiger partial charge in [-0.25, -0.2) is 4.79 Å². The van der Waals surface area contributed by atoms with Gasteiger partial charge >= 0.3 is 17.9 Å². The zero-order valence-electron chi connectivity index (χ0n) is 26.0. The molecule has 8 atom stereocenters. The molecule has 232 valence electrons. The van der Waals surface area contributed by atoms with Crippen LogP contribution >= 0.6 is 0 Å². The smallest absolute Gasteiger partial charge is 0.331 e. The van der Waals surface area contributed by atoms with Crippen LogP contribution in [-0.2, 0) is 33.3 Å². The summed E-state index contributed by atoms with van der Waals surface area (Å²) in [5.74, 6) is -2.02. The summed E-state index contributed by atoms with van der Waals surface area (Å²) < 4.78 is 23.7. The average Bonchev–Trinajstić information content (AvgIpc) is 3.21. The fourth-order valence-electron chi connectivity index (χ4n) is 6.92. The number of aliphatic hydroxyl groups excluding tert-OH is 1. The molecule has 1 heterocycles. The van der Waals surface area contributed by atoms with Crippen molar-refractivity contribution in [2.24, 2.45) is 22.7 Å². The number of carbonyl (C=O) groups excluding carboxylic acids is 3. The van der Waals surface area contributed by atoms with Crippen LogP contribution in [0.25, 0.3) is 0 Å². The van der Waals surface area contributed by atoms with E-state index in [1.54, 1.807) is 18.2 Å². The topological polar surface area (TPSA) is 108 Å². The maximum absolute atomic E-state index is 13.2. The van der Waals surface area contributed by atoms with Crippen LogP contribution < -0.4 is 0 Å². The van der Waals surface area contributed by atoms with Gasteiger partial charge in [0.25, 0.3) is 0 Å². The molecule has 2 fully saturated rings. The van der Waals surface area contributed by atoms with Crippen molar-refractivity contribution >= 4 is 17.9 Å². The molecule has 0 aromatic carbocycles. The van der Waals surface area contributed by atoms with Gasteiger partial charge in [-0.2, -0.15) is 0 Å². The quantitative estimate of drug-likeness (QED) is 0.0715. The summed E-state index contributed by atoms with van der Waals surface area (Å²) in [5, 5.41) is 11.1. The summed E-state index contributed by atoms with van der Waals surface area (Å²) in [5.41, 5.74) is -0.130. The summed E-state index contributed by atoms with van der Waals surface area (Å²) in [6, 6.07) is 0. The fourth-order valence-corrected chi connectivity index (χ4v) is 6.92. The summed E-state index contributed by atoms with van der Waals surface area (Å²) >= 11 is 0. The van der Waals surface area contributed by atoms with Crippen LogP contribution in [0.3, 0.4) is 0 Å². The van der Waals surface area contributed by atoms with E-state index in [-0.39, 0.29) is 11.8 Å². The molecule has 0 bridgehead atoms. The molecule has 3 aliphatic rings. The van der Waals surface area contributed by atoms with Gasteiger partial charge in [-0.05, 0) is 62.4 Å². The number of hydrogen-bond donors (Lipinski definition) is 1. The lowest BCUT2D eigenvalue weighted by molar-refractivity contribution is -0.256. The van der Waals surface area contributed by atoms with Crippen molar-refractivity contribution in [1.29, 1.82) is 0 Å². The fraction of sp³-hybridized carbons (Fsp3) is 0.618. The summed E-state index contributed by atoms with van der Waals surface area (Å²) in [6.07, 6.45) is 14.2. The number of ether oxygens (including phenoxy) is 4. The van der Waals surface area contributed by atoms with Crippen molar-refractivity contribution in [2.45, 2.75) is 111 Å². The van der Waals surface area contributed by atoms with Gasteiger partial charge in [0.05, 0.1) is 6.10 Å². The Morgan fingerprint density at radius 1 is 1.10 bits per heavy atom. The Labute approximate surface area is 250 Å². The Morgan fingerprint density at radius 2 is 1.81 bits per heavy atom. The lowest BCUT2D eigenvalue weighted by atomic mass is 9.45. The predicted octanol–water partition coefficient (Wildman–Crippen LogP) is 6.26. The molecular weight excluding hydrogens is 536 g/mol. The van der Waals surface area contributed by atoms with E-state index in [1.807, 2.05) is 19.1 Å². The Morgan fingerprint density at radius 3 is 2.45 bits per heavy atom. The lowest BCUT2D eigenvalue weighted by Crippen LogP contribution is -2.63. The minimum Gasteiger partial charge on any atom is -0.458 e. The number of unbranched alkanes of at least 4 members (excludes halogenated alkanes) is 3. The van der Waals surface area contributed by atoms with Crippen molar-refractivity contribution in [3.05, 3.63) is 60.3 Å². The molecule has 1 N–H and O–H groups in total. The van der Waals surface area contributed by atoms with E-state index in [0.29, 0.717) is 24.8 Å². The Bertz CT molecular complexity index is 1130. The van der Waals surface area contributed by atoms with Crippen molar-refractivity contribution in [3.8, 4) is 0 Å². The highest BCUT2D eigenvalue weighted by atomic mass is 16.8. The van der Waals surface area contributed by atoms with Crippen LogP contribution in [0.2, 0.25) is 0 Å². The van der Waals surface area contributed by atoms with E-state index in [9.17, 15) is 19.5 Å². The average molecular weight is 585 g/mol. The molecule has 0 radical (unpaired) electrons. The second kappa shape index (κ2) is 14.5. The van der Waals surface area contributed by atoms with E-state index in [4.69, 9.17) is 18.9 Å². The molecule has 0 unspecified atom stereocenters. The number of carbonyl (C=O) groups is 3. The van der Waals surface area contributed by atoms with Gasteiger partial charge in [-0.1, -0.05) is 76.1 Å². The van der Waals surface area contributed by atoms with Crippen LogP contribution in [0.15, 0.2) is 60.3 Å². The molecular formula is C34H48O8. The highest BCUT2D eigenvalue weighted by molar-refractivity contribution is 5.82. The molecule has 8 nitrogen and oxygen atoms in total. The summed E-state index contributed by atoms with van der Waals surface area (Å²) in [7, 11) is 0. The van der Waals surface area contributed by atoms with Gasteiger partial charge in [-0.3, -0.25) is 14.3 Å². The number of hydrogen-bond acceptors (Lipinski definition) is 8. The highest BCUT2D eigenvalue weighted by Crippen LogP contribution is 2.67. The lowest BCUT2D eigenvalue weighted by Gasteiger charge is -2.60. The standard InChI is InChI=1S/C34H48O8/c1-8-10-11-12-13-14-15-16-30(38)41-29-19-23(4)33(7,18-17-22(3)9-2)28-21-26(37)20-27-31(39-24(5)35)42-32(34(27,28)29)40-25(6)36/h9,13-17,20,23,26,28-29,31-32,37H,2,8,10-12,18-19,21H2,1,3-7H3/b14-13+,16-15-,22-17+/t23-,26+,28+,29-,31+,32-,33-,34-/m1/s1. The molecule has 2 aliphatic carbocycles. The van der Waals surface area contributed by atoms with Gasteiger partial charge in [0.1, 0.15) is 11.5 Å². The second-order valence-electron chi connectivity index (χ2n) is 12.1. The van der Waals surface area contributed by atoms with Crippen LogP contribution in [0.5, 0.6) is 0 Å². The molecule has 8 heteroatoms. The molecule has 1 aliphatic heterocycles. The minimum atomic E-state index is -1.20. The molecule has 0 aromatic rings. The number of rotatable bonds is 12. The monoisotopic (exact) mass is 584 g/mol. The zero-order valence-corrected chi connectivity index (χ0v) is 26.0. The second-order valence-corrected chi connectivity index (χ2v) is 12.1. The Balaban J connectivity index is 2.09. The van der Waals surface area contributed by atoms with E-state index in [1.165, 1.54) is 19.9 Å². The molecule has 42 heavy (non-hydrogen) atoms. The predicted molar refractivity (Wildman–Crippen MR) is 160 cm³/mol. The van der Waals surface area contributed by atoms with E-state index >= 15 is 0 Å². The number of esters is 3. The summed E-state index contributed by atoms with van der Waals surface area (Å²) in [6.45, 7) is 14.8. The molecule has 1 saturated heterocycles. The van der Waals surface area contributed by atoms with Gasteiger partial charge in [-0.15, -0.1) is 0 Å². The highest BCUT2D eigenvalue weighted by Gasteiger charge is 2.72. The third-order valence-corrected chi connectivity index (χ3v) is 9.28. The number of allylic oxidation sites excluding steroid dienone is 6. The van der Waals surface area contributed by atoms with Gasteiger partial charge in [0.2, 0.25) is 12.6 Å². The van der Waals surface area contributed by atoms with Crippen molar-refractivity contribution in [2.75, 3.05) is 0 Å².